The quantitative estimate of drug-likeness (QED) is 0.116. The Kier molecular flexibility index (Phi) is 11.6. The molecular formula is C72H60N2. The molecule has 2 nitrogen and oxygen atoms in total. The predicted molar refractivity (Wildman–Crippen MR) is 316 cm³/mol. The van der Waals surface area contributed by atoms with Crippen LogP contribution in [0.1, 0.15) is 73.4 Å². The van der Waals surface area contributed by atoms with Gasteiger partial charge in [0.05, 0.1) is 0 Å². The molecule has 358 valence electrons. The monoisotopic (exact) mass is 952 g/mol. The van der Waals surface area contributed by atoms with E-state index in [1.807, 2.05) is 0 Å². The molecule has 1 aliphatic carbocycles. The zero-order chi connectivity index (χ0) is 49.8. The van der Waals surface area contributed by atoms with Gasteiger partial charge in [-0.25, -0.2) is 0 Å². The van der Waals surface area contributed by atoms with E-state index in [0.29, 0.717) is 0 Å². The van der Waals surface area contributed by atoms with E-state index in [0.717, 1.165) is 38.5 Å². The first-order valence-corrected chi connectivity index (χ1v) is 26.6. The van der Waals surface area contributed by atoms with Crippen molar-refractivity contribution >= 4 is 62.1 Å². The van der Waals surface area contributed by atoms with Gasteiger partial charge in [0, 0.05) is 34.1 Å². The smallest absolute Gasteiger partial charge is 0.0493 e. The standard InChI is InChI=1S/C72H60N2/c1-72(2,3)65-48-50(32-47-60(65)51-39-43-58(44-40-51)73-66-24-12-4-16-52(66)35-36-53-17-5-13-25-67(53)73)29-28-49-30-33-56(34-31-49)70-61-20-8-10-22-63(61)71(64-23-11-9-21-62(64)70)57-41-45-59(46-42-57)74-68-26-14-6-18-54(68)37-38-55-19-7-15-27-69(55)74/h4-12,14-24,26-34,39-48H,13,25,35-38H2,1-3H3/b29-28+. The van der Waals surface area contributed by atoms with Gasteiger partial charge in [0.15, 0.2) is 0 Å². The molecule has 10 aromatic carbocycles. The van der Waals surface area contributed by atoms with Crippen LogP contribution in [0.25, 0.3) is 67.1 Å². The molecule has 0 unspecified atom stereocenters. The fourth-order valence-corrected chi connectivity index (χ4v) is 12.2. The Bertz CT molecular complexity index is 3760. The van der Waals surface area contributed by atoms with Gasteiger partial charge in [-0.15, -0.1) is 0 Å². The number of rotatable bonds is 7. The molecule has 0 aromatic heterocycles. The molecule has 13 rings (SSSR count). The summed E-state index contributed by atoms with van der Waals surface area (Å²) in [6, 6.07) is 79.4. The zero-order valence-electron chi connectivity index (χ0n) is 42.7. The molecule has 0 radical (unpaired) electrons. The second kappa shape index (κ2) is 18.9. The number of allylic oxidation sites excluding steroid dienone is 4. The van der Waals surface area contributed by atoms with Crippen molar-refractivity contribution in [1.82, 2.24) is 0 Å². The van der Waals surface area contributed by atoms with Crippen molar-refractivity contribution in [2.45, 2.75) is 64.7 Å². The average Bonchev–Trinajstić information content (AvgIpc) is 3.73. The zero-order valence-corrected chi connectivity index (χ0v) is 42.7. The summed E-state index contributed by atoms with van der Waals surface area (Å²) in [5.41, 5.74) is 24.5. The predicted octanol–water partition coefficient (Wildman–Crippen LogP) is 19.7. The van der Waals surface area contributed by atoms with E-state index in [9.17, 15) is 0 Å². The molecule has 2 aliphatic heterocycles. The molecule has 0 N–H and O–H groups in total. The molecule has 0 spiro atoms. The first-order chi connectivity index (χ1) is 36.3. The lowest BCUT2D eigenvalue weighted by molar-refractivity contribution is 0.592. The summed E-state index contributed by atoms with van der Waals surface area (Å²) in [6.45, 7) is 6.99. The fourth-order valence-electron chi connectivity index (χ4n) is 12.2. The van der Waals surface area contributed by atoms with Gasteiger partial charge in [-0.05, 0) is 180 Å². The molecular weight excluding hydrogens is 893 g/mol. The Morgan fingerprint density at radius 1 is 0.392 bits per heavy atom. The highest BCUT2D eigenvalue weighted by molar-refractivity contribution is 6.21. The Hall–Kier alpha value is -8.46. The van der Waals surface area contributed by atoms with Crippen molar-refractivity contribution in [3.63, 3.8) is 0 Å². The van der Waals surface area contributed by atoms with Crippen LogP contribution >= 0.6 is 0 Å². The molecule has 10 aromatic rings. The molecule has 0 atom stereocenters. The largest absolute Gasteiger partial charge is 0.314 e. The number of hydrogen-bond donors (Lipinski definition) is 0. The van der Waals surface area contributed by atoms with E-state index in [1.54, 1.807) is 0 Å². The van der Waals surface area contributed by atoms with Gasteiger partial charge in [-0.3, -0.25) is 0 Å². The number of hydrogen-bond acceptors (Lipinski definition) is 2. The van der Waals surface area contributed by atoms with Crippen LogP contribution in [0.3, 0.4) is 0 Å². The summed E-state index contributed by atoms with van der Waals surface area (Å²) in [6.07, 6.45) is 15.6. The van der Waals surface area contributed by atoms with Crippen LogP contribution in [-0.4, -0.2) is 0 Å². The number of aryl methyl sites for hydroxylation is 3. The molecule has 0 amide bonds. The number of benzene rings is 10. The third-order valence-corrected chi connectivity index (χ3v) is 15.8. The maximum atomic E-state index is 2.53. The fraction of sp³-hybridized carbons (Fsp3) is 0.139. The van der Waals surface area contributed by atoms with Gasteiger partial charge in [0.25, 0.3) is 0 Å². The van der Waals surface area contributed by atoms with E-state index in [2.05, 4.69) is 267 Å². The van der Waals surface area contributed by atoms with Crippen LogP contribution in [0.2, 0.25) is 0 Å². The lowest BCUT2D eigenvalue weighted by Gasteiger charge is -2.31. The number of anilines is 5. The van der Waals surface area contributed by atoms with Crippen molar-refractivity contribution in [3.8, 4) is 33.4 Å². The lowest BCUT2D eigenvalue weighted by Crippen LogP contribution is -2.19. The third kappa shape index (κ3) is 8.25. The Morgan fingerprint density at radius 3 is 1.36 bits per heavy atom. The lowest BCUT2D eigenvalue weighted by atomic mass is 9.81. The van der Waals surface area contributed by atoms with Crippen molar-refractivity contribution in [1.29, 1.82) is 0 Å². The van der Waals surface area contributed by atoms with Gasteiger partial charge in [-0.1, -0.05) is 215 Å². The molecule has 0 saturated heterocycles. The highest BCUT2D eigenvalue weighted by atomic mass is 15.2. The minimum Gasteiger partial charge on any atom is -0.314 e. The van der Waals surface area contributed by atoms with Gasteiger partial charge >= 0.3 is 0 Å². The summed E-state index contributed by atoms with van der Waals surface area (Å²) in [4.78, 5) is 4.99. The summed E-state index contributed by atoms with van der Waals surface area (Å²) in [5.74, 6) is 0. The van der Waals surface area contributed by atoms with Crippen LogP contribution < -0.4 is 9.80 Å². The number of para-hydroxylation sites is 3. The summed E-state index contributed by atoms with van der Waals surface area (Å²) >= 11 is 0. The first kappa shape index (κ1) is 45.4. The number of nitrogens with zero attached hydrogens (tertiary/aromatic N) is 2. The van der Waals surface area contributed by atoms with Gasteiger partial charge in [-0.2, -0.15) is 0 Å². The Morgan fingerprint density at radius 2 is 0.824 bits per heavy atom. The maximum absolute atomic E-state index is 2.53. The minimum atomic E-state index is -0.0473. The average molecular weight is 953 g/mol. The minimum absolute atomic E-state index is 0.0473. The second-order valence-electron chi connectivity index (χ2n) is 21.4. The third-order valence-electron chi connectivity index (χ3n) is 15.8. The topological polar surface area (TPSA) is 6.48 Å². The van der Waals surface area contributed by atoms with E-state index in [1.165, 1.54) is 128 Å². The van der Waals surface area contributed by atoms with E-state index >= 15 is 0 Å². The summed E-state index contributed by atoms with van der Waals surface area (Å²) in [5, 5.41) is 5.03. The highest BCUT2D eigenvalue weighted by Crippen LogP contribution is 2.47. The molecule has 0 bridgehead atoms. The van der Waals surface area contributed by atoms with Crippen LogP contribution in [0.5, 0.6) is 0 Å². The number of fused-ring (bicyclic) bond motifs is 5. The van der Waals surface area contributed by atoms with Crippen molar-refractivity contribution in [2.75, 3.05) is 9.80 Å². The molecule has 0 saturated carbocycles. The van der Waals surface area contributed by atoms with E-state index in [-0.39, 0.29) is 5.41 Å². The van der Waals surface area contributed by atoms with Crippen LogP contribution in [0, 0.1) is 0 Å². The van der Waals surface area contributed by atoms with Gasteiger partial charge in [0.2, 0.25) is 0 Å². The van der Waals surface area contributed by atoms with Crippen molar-refractivity contribution < 1.29 is 0 Å². The summed E-state index contributed by atoms with van der Waals surface area (Å²) in [7, 11) is 0. The van der Waals surface area contributed by atoms with E-state index in [4.69, 9.17) is 0 Å². The summed E-state index contributed by atoms with van der Waals surface area (Å²) < 4.78 is 0. The Labute approximate surface area is 436 Å². The van der Waals surface area contributed by atoms with Crippen molar-refractivity contribution in [2.24, 2.45) is 0 Å². The van der Waals surface area contributed by atoms with Crippen molar-refractivity contribution in [3.05, 3.63) is 269 Å². The van der Waals surface area contributed by atoms with E-state index < -0.39 is 0 Å². The molecule has 2 heteroatoms. The second-order valence-corrected chi connectivity index (χ2v) is 21.4. The maximum Gasteiger partial charge on any atom is 0.0493 e. The Balaban J connectivity index is 0.797. The van der Waals surface area contributed by atoms with Crippen LogP contribution in [-0.2, 0) is 24.7 Å². The van der Waals surface area contributed by atoms with Crippen LogP contribution in [0.4, 0.5) is 28.4 Å². The van der Waals surface area contributed by atoms with Gasteiger partial charge in [0.1, 0.15) is 0 Å². The molecule has 0 fully saturated rings. The highest BCUT2D eigenvalue weighted by Gasteiger charge is 2.27. The first-order valence-electron chi connectivity index (χ1n) is 26.6. The van der Waals surface area contributed by atoms with Gasteiger partial charge < -0.3 is 9.80 Å². The normalized spacial score (nSPS) is 14.4. The molecule has 74 heavy (non-hydrogen) atoms. The molecule has 2 heterocycles. The van der Waals surface area contributed by atoms with Crippen LogP contribution in [0.15, 0.2) is 236 Å². The SMILES string of the molecule is CC(C)(C)c1cc(/C=C/c2ccc(-c3c4ccccc4c(-c4ccc(N5c6ccccc6CCc6ccccc65)cc4)c4ccccc34)cc2)ccc1-c1ccc(N2C3=C(C=CCC3)CCc3ccccc32)cc1. The molecule has 3 aliphatic rings.